The quantitative estimate of drug-likeness (QED) is 0.448. The molecule has 0 saturated heterocycles. The molecule has 0 radical (unpaired) electrons. The average molecular weight is 401 g/mol. The lowest BCUT2D eigenvalue weighted by Crippen LogP contribution is -2.18. The Bertz CT molecular complexity index is 1190. The number of carbonyl (C=O) groups is 1. The normalized spacial score (nSPS) is 14.6. The number of nitrogens with one attached hydrogen (secondary N) is 1. The number of aromatic nitrogens is 2. The SMILES string of the molecule is CC(C1CC1)n1nccc1NC(=O)c1ccc(COc2ccc3ccccc3c2)o1. The van der Waals surface area contributed by atoms with Crippen molar-refractivity contribution in [3.8, 4) is 5.75 Å². The Morgan fingerprint density at radius 1 is 1.17 bits per heavy atom. The summed E-state index contributed by atoms with van der Waals surface area (Å²) in [6, 6.07) is 19.6. The Morgan fingerprint density at radius 3 is 2.83 bits per heavy atom. The topological polar surface area (TPSA) is 69.3 Å². The first kappa shape index (κ1) is 18.5. The van der Waals surface area contributed by atoms with Crippen LogP contribution in [0.5, 0.6) is 5.75 Å². The summed E-state index contributed by atoms with van der Waals surface area (Å²) in [5, 5.41) is 9.55. The minimum absolute atomic E-state index is 0.249. The first-order chi connectivity index (χ1) is 14.7. The molecule has 2 heterocycles. The molecule has 1 fully saturated rings. The zero-order chi connectivity index (χ0) is 20.5. The van der Waals surface area contributed by atoms with Crippen molar-refractivity contribution in [2.24, 2.45) is 5.92 Å². The molecule has 0 spiro atoms. The van der Waals surface area contributed by atoms with Gasteiger partial charge in [-0.25, -0.2) is 4.68 Å². The third-order valence-corrected chi connectivity index (χ3v) is 5.59. The fourth-order valence-electron chi connectivity index (χ4n) is 3.68. The van der Waals surface area contributed by atoms with Crippen molar-refractivity contribution in [2.75, 3.05) is 5.32 Å². The molecule has 152 valence electrons. The van der Waals surface area contributed by atoms with E-state index in [0.29, 0.717) is 17.5 Å². The van der Waals surface area contributed by atoms with Crippen LogP contribution in [0.1, 0.15) is 42.1 Å². The standard InChI is InChI=1S/C24H23N3O3/c1-16(17-6-7-17)27-23(12-13-25-27)26-24(28)22-11-10-21(30-22)15-29-20-9-8-18-4-2-3-5-19(18)14-20/h2-5,8-14,16-17H,6-7,15H2,1H3,(H,26,28). The number of benzene rings is 2. The van der Waals surface area contributed by atoms with Gasteiger partial charge in [-0.05, 0) is 60.7 Å². The fraction of sp³-hybridized carbons (Fsp3) is 0.250. The van der Waals surface area contributed by atoms with E-state index >= 15 is 0 Å². The molecular weight excluding hydrogens is 378 g/mol. The molecule has 0 bridgehead atoms. The van der Waals surface area contributed by atoms with E-state index in [2.05, 4.69) is 23.4 Å². The van der Waals surface area contributed by atoms with Crippen LogP contribution in [0.3, 0.4) is 0 Å². The van der Waals surface area contributed by atoms with Gasteiger partial charge in [-0.2, -0.15) is 5.10 Å². The van der Waals surface area contributed by atoms with Crippen LogP contribution in [0.2, 0.25) is 0 Å². The number of ether oxygens (including phenoxy) is 1. The van der Waals surface area contributed by atoms with Crippen LogP contribution in [-0.4, -0.2) is 15.7 Å². The summed E-state index contributed by atoms with van der Waals surface area (Å²) >= 11 is 0. The van der Waals surface area contributed by atoms with E-state index in [0.717, 1.165) is 16.5 Å². The van der Waals surface area contributed by atoms with Gasteiger partial charge in [0.15, 0.2) is 5.76 Å². The van der Waals surface area contributed by atoms with Crippen molar-refractivity contribution in [1.29, 1.82) is 0 Å². The van der Waals surface area contributed by atoms with Gasteiger partial charge >= 0.3 is 0 Å². The monoisotopic (exact) mass is 401 g/mol. The van der Waals surface area contributed by atoms with Gasteiger partial charge in [-0.15, -0.1) is 0 Å². The van der Waals surface area contributed by atoms with Gasteiger partial charge < -0.3 is 14.5 Å². The second-order valence-corrected chi connectivity index (χ2v) is 7.76. The Hall–Kier alpha value is -3.54. The predicted molar refractivity (Wildman–Crippen MR) is 115 cm³/mol. The van der Waals surface area contributed by atoms with Gasteiger partial charge in [0, 0.05) is 6.07 Å². The van der Waals surface area contributed by atoms with Gasteiger partial charge in [-0.1, -0.05) is 30.3 Å². The molecule has 1 aliphatic carbocycles. The van der Waals surface area contributed by atoms with Gasteiger partial charge in [-0.3, -0.25) is 4.79 Å². The van der Waals surface area contributed by atoms with E-state index in [9.17, 15) is 4.79 Å². The third kappa shape index (κ3) is 3.81. The van der Waals surface area contributed by atoms with E-state index in [4.69, 9.17) is 9.15 Å². The maximum atomic E-state index is 12.6. The second kappa shape index (κ2) is 7.71. The van der Waals surface area contributed by atoms with E-state index in [1.807, 2.05) is 47.1 Å². The highest BCUT2D eigenvalue weighted by Crippen LogP contribution is 2.40. The Balaban J connectivity index is 1.23. The number of hydrogen-bond acceptors (Lipinski definition) is 4. The number of fused-ring (bicyclic) bond motifs is 1. The van der Waals surface area contributed by atoms with E-state index in [1.54, 1.807) is 18.3 Å². The van der Waals surface area contributed by atoms with Gasteiger partial charge in [0.05, 0.1) is 12.2 Å². The van der Waals surface area contributed by atoms with Crippen molar-refractivity contribution in [1.82, 2.24) is 9.78 Å². The summed E-state index contributed by atoms with van der Waals surface area (Å²) in [6.45, 7) is 2.39. The molecule has 2 aromatic carbocycles. The summed E-state index contributed by atoms with van der Waals surface area (Å²) in [4.78, 5) is 12.6. The molecular formula is C24H23N3O3. The van der Waals surface area contributed by atoms with Crippen molar-refractivity contribution in [2.45, 2.75) is 32.4 Å². The van der Waals surface area contributed by atoms with Crippen LogP contribution < -0.4 is 10.1 Å². The lowest BCUT2D eigenvalue weighted by atomic mass is 10.1. The van der Waals surface area contributed by atoms with Gasteiger partial charge in [0.2, 0.25) is 0 Å². The molecule has 1 unspecified atom stereocenters. The Morgan fingerprint density at radius 2 is 2.00 bits per heavy atom. The second-order valence-electron chi connectivity index (χ2n) is 7.76. The summed E-state index contributed by atoms with van der Waals surface area (Å²) in [5.41, 5.74) is 0. The van der Waals surface area contributed by atoms with Crippen LogP contribution in [0, 0.1) is 5.92 Å². The maximum Gasteiger partial charge on any atom is 0.292 e. The summed E-state index contributed by atoms with van der Waals surface area (Å²) < 4.78 is 13.4. The van der Waals surface area contributed by atoms with Crippen LogP contribution in [-0.2, 0) is 6.61 Å². The minimum atomic E-state index is -0.295. The van der Waals surface area contributed by atoms with Crippen molar-refractivity contribution < 1.29 is 13.9 Å². The van der Waals surface area contributed by atoms with Crippen LogP contribution >= 0.6 is 0 Å². The molecule has 6 nitrogen and oxygen atoms in total. The van der Waals surface area contributed by atoms with Crippen LogP contribution in [0.25, 0.3) is 10.8 Å². The van der Waals surface area contributed by atoms with E-state index in [1.165, 1.54) is 12.8 Å². The zero-order valence-electron chi connectivity index (χ0n) is 16.7. The van der Waals surface area contributed by atoms with Gasteiger partial charge in [0.25, 0.3) is 5.91 Å². The van der Waals surface area contributed by atoms with Gasteiger partial charge in [0.1, 0.15) is 23.9 Å². The fourth-order valence-corrected chi connectivity index (χ4v) is 3.68. The first-order valence-corrected chi connectivity index (χ1v) is 10.2. The smallest absolute Gasteiger partial charge is 0.292 e. The number of hydrogen-bond donors (Lipinski definition) is 1. The highest BCUT2D eigenvalue weighted by Gasteiger charge is 2.31. The maximum absolute atomic E-state index is 12.6. The number of amides is 1. The Labute approximate surface area is 174 Å². The number of rotatable bonds is 7. The molecule has 5 rings (SSSR count). The summed E-state index contributed by atoms with van der Waals surface area (Å²) in [5.74, 6) is 2.63. The molecule has 30 heavy (non-hydrogen) atoms. The largest absolute Gasteiger partial charge is 0.486 e. The summed E-state index contributed by atoms with van der Waals surface area (Å²) in [6.07, 6.45) is 4.14. The summed E-state index contributed by atoms with van der Waals surface area (Å²) in [7, 11) is 0. The molecule has 1 atom stereocenters. The van der Waals surface area contributed by atoms with Crippen molar-refractivity contribution in [3.63, 3.8) is 0 Å². The lowest BCUT2D eigenvalue weighted by Gasteiger charge is -2.14. The van der Waals surface area contributed by atoms with Crippen LogP contribution in [0.4, 0.5) is 5.82 Å². The molecule has 2 aromatic heterocycles. The number of anilines is 1. The van der Waals surface area contributed by atoms with Crippen molar-refractivity contribution >= 4 is 22.5 Å². The average Bonchev–Trinajstić information content (AvgIpc) is 3.33. The first-order valence-electron chi connectivity index (χ1n) is 10.2. The number of nitrogens with zero attached hydrogens (tertiary/aromatic N) is 2. The van der Waals surface area contributed by atoms with E-state index < -0.39 is 0 Å². The minimum Gasteiger partial charge on any atom is -0.486 e. The third-order valence-electron chi connectivity index (χ3n) is 5.59. The zero-order valence-corrected chi connectivity index (χ0v) is 16.7. The molecule has 6 heteroatoms. The molecule has 1 amide bonds. The highest BCUT2D eigenvalue weighted by molar-refractivity contribution is 6.01. The highest BCUT2D eigenvalue weighted by atomic mass is 16.5. The number of carbonyl (C=O) groups excluding carboxylic acids is 1. The molecule has 4 aromatic rings. The molecule has 1 N–H and O–H groups in total. The molecule has 0 aliphatic heterocycles. The van der Waals surface area contributed by atoms with E-state index in [-0.39, 0.29) is 24.3 Å². The van der Waals surface area contributed by atoms with Crippen molar-refractivity contribution in [3.05, 3.63) is 78.4 Å². The number of furan rings is 1. The predicted octanol–water partition coefficient (Wildman–Crippen LogP) is 5.43. The molecule has 1 aliphatic rings. The lowest BCUT2D eigenvalue weighted by molar-refractivity contribution is 0.0991. The van der Waals surface area contributed by atoms with Crippen LogP contribution in [0.15, 0.2) is 71.3 Å². The molecule has 1 saturated carbocycles. The Kier molecular flexibility index (Phi) is 4.75.